The third-order valence-electron chi connectivity index (χ3n) is 2.16. The third-order valence-corrected chi connectivity index (χ3v) is 3.59. The molecule has 0 bridgehead atoms. The van der Waals surface area contributed by atoms with Gasteiger partial charge in [-0.25, -0.2) is 0 Å². The monoisotopic (exact) mass is 251 g/mol. The van der Waals surface area contributed by atoms with Gasteiger partial charge in [0, 0.05) is 17.4 Å². The minimum Gasteiger partial charge on any atom is -0.258 e. The minimum atomic E-state index is -0.396. The number of thiol groups is 1. The molecule has 0 aliphatic heterocycles. The zero-order valence-corrected chi connectivity index (χ0v) is 10.0. The van der Waals surface area contributed by atoms with Gasteiger partial charge < -0.3 is 0 Å². The summed E-state index contributed by atoms with van der Waals surface area (Å²) in [5.74, 6) is 0. The number of benzene rings is 1. The molecule has 0 fully saturated rings. The highest BCUT2D eigenvalue weighted by Gasteiger charge is 2.15. The maximum Gasteiger partial charge on any atom is 0.293 e. The maximum absolute atomic E-state index is 10.7. The van der Waals surface area contributed by atoms with Crippen LogP contribution in [0.1, 0.15) is 10.4 Å². The maximum atomic E-state index is 10.7. The molecule has 0 aliphatic rings. The smallest absolute Gasteiger partial charge is 0.258 e. The lowest BCUT2D eigenvalue weighted by Crippen LogP contribution is -1.86. The second-order valence-corrected chi connectivity index (χ2v) is 5.21. The van der Waals surface area contributed by atoms with E-state index in [0.717, 1.165) is 10.4 Å². The molecule has 0 radical (unpaired) electrons. The normalized spacial score (nSPS) is 10.3. The fraction of sp³-hybridized carbons (Fsp3) is 0.0909. The molecule has 82 valence electrons. The SMILES string of the molecule is O=[N+]([O-])c1cc(Cc2ccccc2)sc1S. The molecule has 0 amide bonds. The lowest BCUT2D eigenvalue weighted by molar-refractivity contribution is -0.387. The van der Waals surface area contributed by atoms with Crippen LogP contribution in [0.5, 0.6) is 0 Å². The molecule has 1 aromatic heterocycles. The van der Waals surface area contributed by atoms with E-state index in [1.807, 2.05) is 30.3 Å². The molecule has 0 aliphatic carbocycles. The zero-order chi connectivity index (χ0) is 11.5. The number of hydrogen-bond acceptors (Lipinski definition) is 4. The van der Waals surface area contributed by atoms with E-state index in [2.05, 4.69) is 12.6 Å². The summed E-state index contributed by atoms with van der Waals surface area (Å²) in [6, 6.07) is 11.5. The van der Waals surface area contributed by atoms with Crippen LogP contribution in [0.25, 0.3) is 0 Å². The van der Waals surface area contributed by atoms with Crippen LogP contribution in [0.2, 0.25) is 0 Å². The standard InChI is InChI=1S/C11H9NO2S2/c13-12(14)10-7-9(16-11(10)15)6-8-4-2-1-3-5-8/h1-5,7,15H,6H2. The van der Waals surface area contributed by atoms with Crippen molar-refractivity contribution in [3.05, 3.63) is 57.0 Å². The molecule has 2 aromatic rings. The van der Waals surface area contributed by atoms with Gasteiger partial charge in [-0.15, -0.1) is 24.0 Å². The minimum absolute atomic E-state index is 0.0965. The van der Waals surface area contributed by atoms with Crippen molar-refractivity contribution in [1.82, 2.24) is 0 Å². The number of nitro groups is 1. The van der Waals surface area contributed by atoms with Crippen LogP contribution in [0, 0.1) is 10.1 Å². The Labute approximate surface area is 102 Å². The zero-order valence-electron chi connectivity index (χ0n) is 8.29. The second kappa shape index (κ2) is 4.67. The lowest BCUT2D eigenvalue weighted by Gasteiger charge is -1.95. The van der Waals surface area contributed by atoms with E-state index in [1.165, 1.54) is 11.3 Å². The van der Waals surface area contributed by atoms with Gasteiger partial charge >= 0.3 is 0 Å². The van der Waals surface area contributed by atoms with Crippen molar-refractivity contribution < 1.29 is 4.92 Å². The van der Waals surface area contributed by atoms with Crippen LogP contribution in [-0.2, 0) is 6.42 Å². The highest BCUT2D eigenvalue weighted by atomic mass is 32.2. The number of thiophene rings is 1. The molecule has 0 N–H and O–H groups in total. The van der Waals surface area contributed by atoms with Crippen LogP contribution in [0.3, 0.4) is 0 Å². The quantitative estimate of drug-likeness (QED) is 0.515. The van der Waals surface area contributed by atoms with Gasteiger partial charge in [-0.1, -0.05) is 30.3 Å². The van der Waals surface area contributed by atoms with Gasteiger partial charge in [-0.05, 0) is 5.56 Å². The summed E-state index contributed by atoms with van der Waals surface area (Å²) in [7, 11) is 0. The molecule has 1 heterocycles. The van der Waals surface area contributed by atoms with Crippen molar-refractivity contribution in [2.24, 2.45) is 0 Å². The van der Waals surface area contributed by atoms with Gasteiger partial charge in [-0.3, -0.25) is 10.1 Å². The van der Waals surface area contributed by atoms with E-state index < -0.39 is 4.92 Å². The van der Waals surface area contributed by atoms with E-state index in [0.29, 0.717) is 10.6 Å². The summed E-state index contributed by atoms with van der Waals surface area (Å²) in [6.45, 7) is 0. The molecule has 2 rings (SSSR count). The van der Waals surface area contributed by atoms with Crippen molar-refractivity contribution in [2.75, 3.05) is 0 Å². The van der Waals surface area contributed by atoms with Crippen LogP contribution in [0.15, 0.2) is 40.6 Å². The Bertz CT molecular complexity index is 508. The Kier molecular flexibility index (Phi) is 3.26. The first-order valence-electron chi connectivity index (χ1n) is 4.67. The Morgan fingerprint density at radius 2 is 2.00 bits per heavy atom. The topological polar surface area (TPSA) is 43.1 Å². The van der Waals surface area contributed by atoms with Crippen molar-refractivity contribution in [3.8, 4) is 0 Å². The molecule has 1 aromatic carbocycles. The molecular weight excluding hydrogens is 242 g/mol. The first kappa shape index (κ1) is 11.2. The van der Waals surface area contributed by atoms with Gasteiger partial charge in [0.1, 0.15) is 4.21 Å². The van der Waals surface area contributed by atoms with E-state index in [4.69, 9.17) is 0 Å². The lowest BCUT2D eigenvalue weighted by atomic mass is 10.1. The van der Waals surface area contributed by atoms with Crippen molar-refractivity contribution in [1.29, 1.82) is 0 Å². The summed E-state index contributed by atoms with van der Waals surface area (Å²) in [5.41, 5.74) is 1.24. The van der Waals surface area contributed by atoms with Gasteiger partial charge in [0.25, 0.3) is 5.69 Å². The Hall–Kier alpha value is -1.33. The van der Waals surface area contributed by atoms with Gasteiger partial charge in [-0.2, -0.15) is 0 Å². The molecule has 0 unspecified atom stereocenters. The van der Waals surface area contributed by atoms with E-state index in [9.17, 15) is 10.1 Å². The average Bonchev–Trinajstić information content (AvgIpc) is 2.61. The highest BCUT2D eigenvalue weighted by Crippen LogP contribution is 2.33. The number of nitrogens with zero attached hydrogens (tertiary/aromatic N) is 1. The summed E-state index contributed by atoms with van der Waals surface area (Å²) in [6.07, 6.45) is 0.715. The second-order valence-electron chi connectivity index (χ2n) is 3.32. The average molecular weight is 251 g/mol. The van der Waals surface area contributed by atoms with E-state index in [-0.39, 0.29) is 5.69 Å². The first-order chi connectivity index (χ1) is 7.66. The predicted octanol–water partition coefficient (Wildman–Crippen LogP) is 3.54. The summed E-state index contributed by atoms with van der Waals surface area (Å²) < 4.78 is 0.468. The van der Waals surface area contributed by atoms with E-state index >= 15 is 0 Å². The Balaban J connectivity index is 2.23. The molecule has 0 saturated carbocycles. The molecular formula is C11H9NO2S2. The Morgan fingerprint density at radius 1 is 1.31 bits per heavy atom. The fourth-order valence-electron chi connectivity index (χ4n) is 1.44. The first-order valence-corrected chi connectivity index (χ1v) is 5.93. The molecule has 5 heteroatoms. The van der Waals surface area contributed by atoms with Gasteiger partial charge in [0.2, 0.25) is 0 Å². The molecule has 0 saturated heterocycles. The van der Waals surface area contributed by atoms with Crippen LogP contribution >= 0.6 is 24.0 Å². The van der Waals surface area contributed by atoms with Gasteiger partial charge in [0.05, 0.1) is 4.92 Å². The number of rotatable bonds is 3. The highest BCUT2D eigenvalue weighted by molar-refractivity contribution is 7.83. The summed E-state index contributed by atoms with van der Waals surface area (Å²) >= 11 is 5.46. The van der Waals surface area contributed by atoms with Crippen LogP contribution in [-0.4, -0.2) is 4.92 Å². The molecule has 3 nitrogen and oxygen atoms in total. The van der Waals surface area contributed by atoms with Crippen molar-refractivity contribution in [2.45, 2.75) is 10.6 Å². The number of hydrogen-bond donors (Lipinski definition) is 1. The largest absolute Gasteiger partial charge is 0.293 e. The molecule has 0 atom stereocenters. The molecule has 16 heavy (non-hydrogen) atoms. The summed E-state index contributed by atoms with van der Waals surface area (Å²) in [5, 5.41) is 10.7. The van der Waals surface area contributed by atoms with E-state index in [1.54, 1.807) is 6.07 Å². The fourth-order valence-corrected chi connectivity index (χ4v) is 2.83. The van der Waals surface area contributed by atoms with Crippen molar-refractivity contribution >= 4 is 29.7 Å². The van der Waals surface area contributed by atoms with Crippen molar-refractivity contribution in [3.63, 3.8) is 0 Å². The Morgan fingerprint density at radius 3 is 2.56 bits per heavy atom. The molecule has 0 spiro atoms. The van der Waals surface area contributed by atoms with Crippen LogP contribution in [0.4, 0.5) is 5.69 Å². The third kappa shape index (κ3) is 2.43. The van der Waals surface area contributed by atoms with Gasteiger partial charge in [0.15, 0.2) is 0 Å². The predicted molar refractivity (Wildman–Crippen MR) is 67.5 cm³/mol. The summed E-state index contributed by atoms with van der Waals surface area (Å²) in [4.78, 5) is 11.2. The van der Waals surface area contributed by atoms with Crippen LogP contribution < -0.4 is 0 Å².